The lowest BCUT2D eigenvalue weighted by Crippen LogP contribution is -2.28. The highest BCUT2D eigenvalue weighted by Crippen LogP contribution is 2.38. The van der Waals surface area contributed by atoms with Crippen LogP contribution in [-0.2, 0) is 0 Å². The van der Waals surface area contributed by atoms with E-state index >= 15 is 0 Å². The summed E-state index contributed by atoms with van der Waals surface area (Å²) < 4.78 is 0. The Kier molecular flexibility index (Phi) is 3.20. The number of aliphatic hydroxyl groups is 1. The van der Waals surface area contributed by atoms with E-state index in [1.54, 1.807) is 24.3 Å². The number of hydrogen-bond acceptors (Lipinski definition) is 3. The number of allylic oxidation sites excluding steroid dienone is 2. The summed E-state index contributed by atoms with van der Waals surface area (Å²) in [5, 5.41) is 10.2. The van der Waals surface area contributed by atoms with Crippen LogP contribution in [0.15, 0.2) is 35.6 Å². The van der Waals surface area contributed by atoms with Crippen molar-refractivity contribution in [2.24, 2.45) is 11.8 Å². The van der Waals surface area contributed by atoms with Crippen molar-refractivity contribution < 1.29 is 14.7 Å². The third kappa shape index (κ3) is 1.98. The molecule has 0 bridgehead atoms. The highest BCUT2D eigenvalue weighted by molar-refractivity contribution is 6.26. The summed E-state index contributed by atoms with van der Waals surface area (Å²) in [6, 6.07) is 6.75. The fourth-order valence-corrected chi connectivity index (χ4v) is 3.46. The molecule has 1 saturated carbocycles. The lowest BCUT2D eigenvalue weighted by molar-refractivity contribution is 0.0912. The van der Waals surface area contributed by atoms with Crippen molar-refractivity contribution in [2.75, 3.05) is 0 Å². The second kappa shape index (κ2) is 4.89. The number of benzene rings is 1. The molecule has 1 aromatic rings. The van der Waals surface area contributed by atoms with Gasteiger partial charge in [0.1, 0.15) is 0 Å². The number of hydrogen-bond donors (Lipinski definition) is 1. The fraction of sp³-hybridized carbons (Fsp3) is 0.412. The standard InChI is InChI=1S/C17H18O3/c1-10-5-4-6-11(9-10)14-15(18)12-7-2-3-8-13(12)16(19)17(14)20/h2-3,7-8,10-11,20H,4-6,9H2,1H3. The Bertz CT molecular complexity index is 612. The Balaban J connectivity index is 2.05. The number of aliphatic hydroxyl groups excluding tert-OH is 1. The number of rotatable bonds is 1. The largest absolute Gasteiger partial charge is 0.504 e. The lowest BCUT2D eigenvalue weighted by atomic mass is 9.73. The van der Waals surface area contributed by atoms with E-state index in [1.807, 2.05) is 0 Å². The van der Waals surface area contributed by atoms with E-state index in [2.05, 4.69) is 6.92 Å². The zero-order valence-electron chi connectivity index (χ0n) is 11.6. The van der Waals surface area contributed by atoms with Crippen LogP contribution in [0.4, 0.5) is 0 Å². The molecule has 20 heavy (non-hydrogen) atoms. The van der Waals surface area contributed by atoms with E-state index < -0.39 is 5.78 Å². The summed E-state index contributed by atoms with van der Waals surface area (Å²) in [4.78, 5) is 24.8. The summed E-state index contributed by atoms with van der Waals surface area (Å²) >= 11 is 0. The van der Waals surface area contributed by atoms with Gasteiger partial charge in [-0.1, -0.05) is 44.0 Å². The van der Waals surface area contributed by atoms with Gasteiger partial charge in [-0.2, -0.15) is 0 Å². The number of Topliss-reactive ketones (excluding diaryl/α,β-unsaturated/α-hetero) is 2. The zero-order valence-corrected chi connectivity index (χ0v) is 11.6. The molecule has 0 amide bonds. The second-order valence-corrected chi connectivity index (χ2v) is 5.93. The van der Waals surface area contributed by atoms with Crippen LogP contribution in [0.5, 0.6) is 0 Å². The van der Waals surface area contributed by atoms with Crippen molar-refractivity contribution in [3.05, 3.63) is 46.7 Å². The van der Waals surface area contributed by atoms with E-state index in [0.717, 1.165) is 25.7 Å². The first-order valence-electron chi connectivity index (χ1n) is 7.21. The highest BCUT2D eigenvalue weighted by atomic mass is 16.3. The van der Waals surface area contributed by atoms with Gasteiger partial charge in [-0.25, -0.2) is 0 Å². The number of fused-ring (bicyclic) bond motifs is 1. The number of ketones is 2. The molecule has 1 N–H and O–H groups in total. The maximum atomic E-state index is 12.6. The van der Waals surface area contributed by atoms with E-state index in [9.17, 15) is 14.7 Å². The smallest absolute Gasteiger partial charge is 0.228 e. The van der Waals surface area contributed by atoms with E-state index in [-0.39, 0.29) is 17.5 Å². The minimum absolute atomic E-state index is 0.0172. The molecule has 3 nitrogen and oxygen atoms in total. The van der Waals surface area contributed by atoms with Crippen LogP contribution < -0.4 is 0 Å². The molecule has 1 fully saturated rings. The quantitative estimate of drug-likeness (QED) is 0.846. The van der Waals surface area contributed by atoms with Gasteiger partial charge in [-0.15, -0.1) is 0 Å². The van der Waals surface area contributed by atoms with Crippen LogP contribution in [0, 0.1) is 11.8 Å². The third-order valence-electron chi connectivity index (χ3n) is 4.48. The molecular weight excluding hydrogens is 252 g/mol. The number of carbonyl (C=O) groups is 2. The van der Waals surface area contributed by atoms with E-state index in [4.69, 9.17) is 0 Å². The molecule has 0 aromatic heterocycles. The predicted octanol–water partition coefficient (Wildman–Crippen LogP) is 3.70. The number of carbonyl (C=O) groups excluding carboxylic acids is 2. The first-order chi connectivity index (χ1) is 9.59. The minimum atomic E-state index is -0.409. The SMILES string of the molecule is CC1CCCC(C2=C(O)C(=O)c3ccccc3C2=O)C1. The van der Waals surface area contributed by atoms with Crippen LogP contribution in [0.3, 0.4) is 0 Å². The molecule has 3 heteroatoms. The molecule has 3 rings (SSSR count). The Labute approximate surface area is 118 Å². The van der Waals surface area contributed by atoms with Crippen LogP contribution in [0.2, 0.25) is 0 Å². The Morgan fingerprint density at radius 2 is 1.70 bits per heavy atom. The first kappa shape index (κ1) is 13.1. The average molecular weight is 270 g/mol. The molecule has 0 heterocycles. The molecule has 2 aliphatic rings. The normalized spacial score (nSPS) is 26.6. The first-order valence-corrected chi connectivity index (χ1v) is 7.21. The van der Waals surface area contributed by atoms with Gasteiger partial charge >= 0.3 is 0 Å². The summed E-state index contributed by atoms with van der Waals surface area (Å²) in [6.07, 6.45) is 3.96. The van der Waals surface area contributed by atoms with Gasteiger partial charge in [0.05, 0.1) is 0 Å². The lowest BCUT2D eigenvalue weighted by Gasteiger charge is -2.30. The summed E-state index contributed by atoms with van der Waals surface area (Å²) in [6.45, 7) is 2.16. The molecular formula is C17H18O3. The summed E-state index contributed by atoms with van der Waals surface area (Å²) in [5.41, 5.74) is 1.10. The van der Waals surface area contributed by atoms with E-state index in [0.29, 0.717) is 22.6 Å². The van der Waals surface area contributed by atoms with Gasteiger partial charge in [0.15, 0.2) is 11.5 Å². The van der Waals surface area contributed by atoms with Gasteiger partial charge < -0.3 is 5.11 Å². The molecule has 0 saturated heterocycles. The summed E-state index contributed by atoms with van der Waals surface area (Å²) in [7, 11) is 0. The minimum Gasteiger partial charge on any atom is -0.504 e. The topological polar surface area (TPSA) is 54.4 Å². The van der Waals surface area contributed by atoms with Crippen molar-refractivity contribution >= 4 is 11.6 Å². The summed E-state index contributed by atoms with van der Waals surface area (Å²) in [5.74, 6) is -0.351. The average Bonchev–Trinajstić information content (AvgIpc) is 2.45. The predicted molar refractivity (Wildman–Crippen MR) is 75.9 cm³/mol. The van der Waals surface area contributed by atoms with Crippen LogP contribution in [0.25, 0.3) is 0 Å². The highest BCUT2D eigenvalue weighted by Gasteiger charge is 2.37. The van der Waals surface area contributed by atoms with Gasteiger partial charge in [0, 0.05) is 16.7 Å². The molecule has 2 atom stereocenters. The third-order valence-corrected chi connectivity index (χ3v) is 4.48. The van der Waals surface area contributed by atoms with E-state index in [1.165, 1.54) is 0 Å². The molecule has 2 unspecified atom stereocenters. The van der Waals surface area contributed by atoms with Gasteiger partial charge in [0.2, 0.25) is 5.78 Å². The molecule has 104 valence electrons. The zero-order chi connectivity index (χ0) is 14.3. The fourth-order valence-electron chi connectivity index (χ4n) is 3.46. The Hall–Kier alpha value is -1.90. The molecule has 0 radical (unpaired) electrons. The Morgan fingerprint density at radius 1 is 1.05 bits per heavy atom. The monoisotopic (exact) mass is 270 g/mol. The van der Waals surface area contributed by atoms with Crippen molar-refractivity contribution in [1.82, 2.24) is 0 Å². The van der Waals surface area contributed by atoms with Gasteiger partial charge in [-0.05, 0) is 24.7 Å². The molecule has 0 aliphatic heterocycles. The van der Waals surface area contributed by atoms with Crippen molar-refractivity contribution in [1.29, 1.82) is 0 Å². The molecule has 2 aliphatic carbocycles. The maximum Gasteiger partial charge on any atom is 0.228 e. The van der Waals surface area contributed by atoms with Crippen LogP contribution >= 0.6 is 0 Å². The van der Waals surface area contributed by atoms with Gasteiger partial charge in [-0.3, -0.25) is 9.59 Å². The molecule has 0 spiro atoms. The van der Waals surface area contributed by atoms with Crippen molar-refractivity contribution in [3.63, 3.8) is 0 Å². The maximum absolute atomic E-state index is 12.6. The van der Waals surface area contributed by atoms with Crippen LogP contribution in [-0.4, -0.2) is 16.7 Å². The Morgan fingerprint density at radius 3 is 2.35 bits per heavy atom. The second-order valence-electron chi connectivity index (χ2n) is 5.93. The van der Waals surface area contributed by atoms with Crippen molar-refractivity contribution in [2.45, 2.75) is 32.6 Å². The van der Waals surface area contributed by atoms with Crippen molar-refractivity contribution in [3.8, 4) is 0 Å². The molecule has 1 aromatic carbocycles. The van der Waals surface area contributed by atoms with Crippen LogP contribution in [0.1, 0.15) is 53.3 Å². The van der Waals surface area contributed by atoms with Gasteiger partial charge in [0.25, 0.3) is 0 Å².